The van der Waals surface area contributed by atoms with Gasteiger partial charge in [-0.2, -0.15) is 0 Å². The Morgan fingerprint density at radius 1 is 0.895 bits per heavy atom. The van der Waals surface area contributed by atoms with Gasteiger partial charge >= 0.3 is 0 Å². The number of epoxide rings is 2. The van der Waals surface area contributed by atoms with E-state index in [0.717, 1.165) is 39.3 Å². The largest absolute Gasteiger partial charge is 0.375 e. The van der Waals surface area contributed by atoms with Crippen molar-refractivity contribution in [2.75, 3.05) is 26.4 Å². The first-order chi connectivity index (χ1) is 9.14. The van der Waals surface area contributed by atoms with Gasteiger partial charge in [-0.25, -0.2) is 0 Å². The molecule has 0 aromatic rings. The van der Waals surface area contributed by atoms with Gasteiger partial charge in [0, 0.05) is 0 Å². The summed E-state index contributed by atoms with van der Waals surface area (Å²) in [4.78, 5) is 0. The highest BCUT2D eigenvalue weighted by Crippen LogP contribution is 2.59. The fraction of sp³-hybridized carbons (Fsp3) is 1.00. The van der Waals surface area contributed by atoms with Crippen molar-refractivity contribution < 1.29 is 18.9 Å². The van der Waals surface area contributed by atoms with Crippen LogP contribution >= 0.6 is 0 Å². The molecule has 2 saturated heterocycles. The van der Waals surface area contributed by atoms with E-state index in [9.17, 15) is 0 Å². The standard InChI is InChI=1S/C15H24O4/c1-15(2)11-3-13(18-7-9-5-16-9)12(15)4-14(11)19-8-10-6-17-10/h9-14H,3-8H2,1-2H3/t9?,10?,11?,12?,13-,14?/m1/s1. The van der Waals surface area contributed by atoms with E-state index >= 15 is 0 Å². The first kappa shape index (κ1) is 12.6. The van der Waals surface area contributed by atoms with Crippen LogP contribution in [0.1, 0.15) is 26.7 Å². The van der Waals surface area contributed by atoms with E-state index in [2.05, 4.69) is 13.8 Å². The Balaban J connectivity index is 1.34. The summed E-state index contributed by atoms with van der Waals surface area (Å²) < 4.78 is 22.6. The second-order valence-corrected chi connectivity index (χ2v) is 7.16. The molecule has 4 rings (SSSR count). The monoisotopic (exact) mass is 268 g/mol. The third-order valence-corrected chi connectivity index (χ3v) is 5.58. The van der Waals surface area contributed by atoms with Crippen LogP contribution in [-0.2, 0) is 18.9 Å². The Hall–Kier alpha value is -0.160. The maximum Gasteiger partial charge on any atom is 0.104 e. The average Bonchev–Trinajstić information content (AvgIpc) is 3.27. The van der Waals surface area contributed by atoms with E-state index in [-0.39, 0.29) is 0 Å². The van der Waals surface area contributed by atoms with E-state index in [1.165, 1.54) is 0 Å². The number of hydrogen-bond donors (Lipinski definition) is 0. The second-order valence-electron chi connectivity index (χ2n) is 7.16. The van der Waals surface area contributed by atoms with Gasteiger partial charge in [-0.1, -0.05) is 13.8 Å². The highest BCUT2D eigenvalue weighted by Gasteiger charge is 2.59. The predicted octanol–water partition coefficient (Wildman–Crippen LogP) is 1.62. The minimum Gasteiger partial charge on any atom is -0.375 e. The maximum absolute atomic E-state index is 6.08. The maximum atomic E-state index is 6.08. The Kier molecular flexibility index (Phi) is 2.92. The molecule has 2 aliphatic carbocycles. The predicted molar refractivity (Wildman–Crippen MR) is 69.0 cm³/mol. The molecular weight excluding hydrogens is 244 g/mol. The molecule has 0 amide bonds. The SMILES string of the molecule is CC1(C)C2C[C@@H](OCC3CO3)C1CC2OCC1CO1. The van der Waals surface area contributed by atoms with Crippen molar-refractivity contribution >= 4 is 0 Å². The summed E-state index contributed by atoms with van der Waals surface area (Å²) in [7, 11) is 0. The molecule has 6 atom stereocenters. The number of rotatable bonds is 6. The molecular formula is C15H24O4. The Morgan fingerprint density at radius 2 is 1.32 bits per heavy atom. The molecule has 0 aromatic carbocycles. The van der Waals surface area contributed by atoms with E-state index in [1.807, 2.05) is 0 Å². The minimum atomic E-state index is 0.351. The van der Waals surface area contributed by atoms with Crippen LogP contribution in [0.2, 0.25) is 0 Å². The average molecular weight is 268 g/mol. The zero-order chi connectivity index (χ0) is 13.0. The Bertz CT molecular complexity index is 316. The lowest BCUT2D eigenvalue weighted by Crippen LogP contribution is -2.31. The summed E-state index contributed by atoms with van der Waals surface area (Å²) in [6, 6.07) is 0. The zero-order valence-electron chi connectivity index (χ0n) is 11.8. The molecule has 5 unspecified atom stereocenters. The van der Waals surface area contributed by atoms with E-state index in [1.54, 1.807) is 0 Å². The van der Waals surface area contributed by atoms with Gasteiger partial charge in [0.05, 0.1) is 38.6 Å². The van der Waals surface area contributed by atoms with Gasteiger partial charge in [0.1, 0.15) is 12.2 Å². The van der Waals surface area contributed by atoms with Crippen LogP contribution in [0.5, 0.6) is 0 Å². The van der Waals surface area contributed by atoms with Crippen LogP contribution in [0, 0.1) is 17.3 Å². The smallest absolute Gasteiger partial charge is 0.104 e. The molecule has 0 spiro atoms. The van der Waals surface area contributed by atoms with Gasteiger partial charge < -0.3 is 18.9 Å². The van der Waals surface area contributed by atoms with E-state index in [0.29, 0.717) is 41.7 Å². The van der Waals surface area contributed by atoms with Gasteiger partial charge in [0.25, 0.3) is 0 Å². The normalized spacial score (nSPS) is 49.6. The quantitative estimate of drug-likeness (QED) is 0.687. The molecule has 4 heteroatoms. The summed E-state index contributed by atoms with van der Waals surface area (Å²) in [5, 5.41) is 0. The molecule has 4 nitrogen and oxygen atoms in total. The molecule has 4 fully saturated rings. The van der Waals surface area contributed by atoms with Crippen LogP contribution in [0.4, 0.5) is 0 Å². The van der Waals surface area contributed by atoms with Gasteiger partial charge in [-0.05, 0) is 30.1 Å². The number of hydrogen-bond acceptors (Lipinski definition) is 4. The Labute approximate surface area is 114 Å². The van der Waals surface area contributed by atoms with E-state index < -0.39 is 0 Å². The molecule has 0 aromatic heterocycles. The number of fused-ring (bicyclic) bond motifs is 2. The second kappa shape index (κ2) is 4.42. The minimum absolute atomic E-state index is 0.351. The first-order valence-corrected chi connectivity index (χ1v) is 7.61. The molecule has 2 heterocycles. The van der Waals surface area contributed by atoms with Gasteiger partial charge in [-0.15, -0.1) is 0 Å². The van der Waals surface area contributed by atoms with Gasteiger partial charge in [0.2, 0.25) is 0 Å². The van der Waals surface area contributed by atoms with Crippen LogP contribution < -0.4 is 0 Å². The van der Waals surface area contributed by atoms with Crippen LogP contribution in [0.15, 0.2) is 0 Å². The van der Waals surface area contributed by atoms with Crippen molar-refractivity contribution in [2.24, 2.45) is 17.3 Å². The highest BCUT2D eigenvalue weighted by molar-refractivity contribution is 5.08. The highest BCUT2D eigenvalue weighted by atomic mass is 16.6. The van der Waals surface area contributed by atoms with Crippen molar-refractivity contribution in [3.05, 3.63) is 0 Å². The molecule has 0 radical (unpaired) electrons. The number of ether oxygens (including phenoxy) is 4. The van der Waals surface area contributed by atoms with Crippen LogP contribution in [0.3, 0.4) is 0 Å². The lowest BCUT2D eigenvalue weighted by atomic mass is 9.81. The summed E-state index contributed by atoms with van der Waals surface area (Å²) in [5.74, 6) is 1.28. The summed E-state index contributed by atoms with van der Waals surface area (Å²) in [5.41, 5.74) is 0.351. The molecule has 19 heavy (non-hydrogen) atoms. The fourth-order valence-corrected chi connectivity index (χ4v) is 4.13. The summed E-state index contributed by atoms with van der Waals surface area (Å²) in [6.07, 6.45) is 3.89. The van der Waals surface area contributed by atoms with Crippen molar-refractivity contribution in [3.8, 4) is 0 Å². The van der Waals surface area contributed by atoms with Crippen molar-refractivity contribution in [1.29, 1.82) is 0 Å². The zero-order valence-corrected chi connectivity index (χ0v) is 11.8. The lowest BCUT2D eigenvalue weighted by Gasteiger charge is -2.27. The molecule has 0 N–H and O–H groups in total. The van der Waals surface area contributed by atoms with Crippen molar-refractivity contribution in [2.45, 2.75) is 51.1 Å². The van der Waals surface area contributed by atoms with Crippen LogP contribution in [0.25, 0.3) is 0 Å². The topological polar surface area (TPSA) is 43.5 Å². The van der Waals surface area contributed by atoms with Crippen LogP contribution in [-0.4, -0.2) is 50.8 Å². The van der Waals surface area contributed by atoms with Gasteiger partial charge in [-0.3, -0.25) is 0 Å². The third-order valence-electron chi connectivity index (χ3n) is 5.58. The van der Waals surface area contributed by atoms with Gasteiger partial charge in [0.15, 0.2) is 0 Å². The lowest BCUT2D eigenvalue weighted by molar-refractivity contribution is -0.0436. The van der Waals surface area contributed by atoms with Crippen molar-refractivity contribution in [1.82, 2.24) is 0 Å². The first-order valence-electron chi connectivity index (χ1n) is 7.61. The summed E-state index contributed by atoms with van der Waals surface area (Å²) >= 11 is 0. The molecule has 2 aliphatic heterocycles. The molecule has 2 saturated carbocycles. The van der Waals surface area contributed by atoms with Crippen molar-refractivity contribution in [3.63, 3.8) is 0 Å². The fourth-order valence-electron chi connectivity index (χ4n) is 4.13. The van der Waals surface area contributed by atoms with E-state index in [4.69, 9.17) is 18.9 Å². The molecule has 2 bridgehead atoms. The summed E-state index contributed by atoms with van der Waals surface area (Å²) in [6.45, 7) is 8.11. The Morgan fingerprint density at radius 3 is 1.63 bits per heavy atom. The molecule has 108 valence electrons. The molecule has 4 aliphatic rings. The third kappa shape index (κ3) is 2.33.